The number of ether oxygens (including phenoxy) is 1. The van der Waals surface area contributed by atoms with Gasteiger partial charge in [-0.2, -0.15) is 0 Å². The molecule has 2 aliphatic heterocycles. The third-order valence-corrected chi connectivity index (χ3v) is 4.58. The quantitative estimate of drug-likeness (QED) is 0.882. The summed E-state index contributed by atoms with van der Waals surface area (Å²) < 4.78 is 20.7. The summed E-state index contributed by atoms with van der Waals surface area (Å²) in [6, 6.07) is 8.29. The van der Waals surface area contributed by atoms with Crippen molar-refractivity contribution in [3.8, 4) is 0 Å². The first-order valence-electron chi connectivity index (χ1n) is 8.31. The molecular formula is C18H23FN2O4. The standard InChI is InChI=1S/C18H23FN2O4/c1-17(2,3)25-16(24)20-10-13-18(19,11-20)14(22)15(23)21(13)9-12-7-5-4-6-8-12/h4-8,13-14,22H,9-11H2,1-3H3/t13-,14?,18-/m0/s1. The molecule has 25 heavy (non-hydrogen) atoms. The smallest absolute Gasteiger partial charge is 0.410 e. The number of alkyl halides is 1. The maximum atomic E-state index is 15.4. The van der Waals surface area contributed by atoms with Crippen LogP contribution in [-0.2, 0) is 16.1 Å². The highest BCUT2D eigenvalue weighted by molar-refractivity contribution is 5.86. The third kappa shape index (κ3) is 3.20. The molecule has 3 atom stereocenters. The summed E-state index contributed by atoms with van der Waals surface area (Å²) in [4.78, 5) is 27.1. The minimum absolute atomic E-state index is 0.00104. The molecule has 1 unspecified atom stereocenters. The molecule has 0 spiro atoms. The van der Waals surface area contributed by atoms with Gasteiger partial charge < -0.3 is 19.6 Å². The van der Waals surface area contributed by atoms with E-state index in [9.17, 15) is 14.7 Å². The Morgan fingerprint density at radius 2 is 2.00 bits per heavy atom. The molecule has 2 amide bonds. The van der Waals surface area contributed by atoms with Crippen molar-refractivity contribution in [1.82, 2.24) is 9.80 Å². The van der Waals surface area contributed by atoms with E-state index in [-0.39, 0.29) is 19.6 Å². The molecule has 2 heterocycles. The molecule has 0 aliphatic carbocycles. The van der Waals surface area contributed by atoms with Crippen molar-refractivity contribution in [1.29, 1.82) is 0 Å². The third-order valence-electron chi connectivity index (χ3n) is 4.58. The molecule has 136 valence electrons. The number of hydrogen-bond donors (Lipinski definition) is 1. The van der Waals surface area contributed by atoms with Gasteiger partial charge in [-0.05, 0) is 26.3 Å². The molecule has 7 heteroatoms. The topological polar surface area (TPSA) is 70.1 Å². The molecule has 6 nitrogen and oxygen atoms in total. The first-order valence-corrected chi connectivity index (χ1v) is 8.31. The van der Waals surface area contributed by atoms with Gasteiger partial charge in [0, 0.05) is 13.1 Å². The van der Waals surface area contributed by atoms with Crippen LogP contribution in [-0.4, -0.2) is 63.4 Å². The molecule has 0 aromatic heterocycles. The van der Waals surface area contributed by atoms with Gasteiger partial charge in [0.05, 0.1) is 12.6 Å². The highest BCUT2D eigenvalue weighted by Gasteiger charge is 2.65. The van der Waals surface area contributed by atoms with Gasteiger partial charge >= 0.3 is 6.09 Å². The second-order valence-electron chi connectivity index (χ2n) is 7.66. The Bertz CT molecular complexity index is 675. The van der Waals surface area contributed by atoms with Crippen molar-refractivity contribution in [2.45, 2.75) is 50.7 Å². The molecule has 1 aromatic rings. The van der Waals surface area contributed by atoms with Crippen LogP contribution in [0.3, 0.4) is 0 Å². The molecule has 0 saturated carbocycles. The maximum absolute atomic E-state index is 15.4. The summed E-state index contributed by atoms with van der Waals surface area (Å²) >= 11 is 0. The Kier molecular flexibility index (Phi) is 4.23. The summed E-state index contributed by atoms with van der Waals surface area (Å²) in [5.41, 5.74) is -2.04. The second kappa shape index (κ2) is 5.98. The Morgan fingerprint density at radius 3 is 2.60 bits per heavy atom. The number of rotatable bonds is 2. The molecule has 3 rings (SSSR count). The van der Waals surface area contributed by atoms with Crippen LogP contribution >= 0.6 is 0 Å². The van der Waals surface area contributed by atoms with E-state index in [1.54, 1.807) is 20.8 Å². The van der Waals surface area contributed by atoms with Crippen LogP contribution in [0, 0.1) is 0 Å². The Balaban J connectivity index is 1.80. The van der Waals surface area contributed by atoms with Gasteiger partial charge in [0.25, 0.3) is 5.91 Å². The van der Waals surface area contributed by atoms with Crippen molar-refractivity contribution in [2.24, 2.45) is 0 Å². The Labute approximate surface area is 146 Å². The van der Waals surface area contributed by atoms with Gasteiger partial charge in [-0.3, -0.25) is 4.79 Å². The summed E-state index contributed by atoms with van der Waals surface area (Å²) in [5, 5.41) is 10.2. The number of fused-ring (bicyclic) bond motifs is 1. The van der Waals surface area contributed by atoms with Crippen molar-refractivity contribution in [3.63, 3.8) is 0 Å². The van der Waals surface area contributed by atoms with Crippen molar-refractivity contribution >= 4 is 12.0 Å². The van der Waals surface area contributed by atoms with E-state index in [0.29, 0.717) is 0 Å². The number of halogens is 1. The normalized spacial score (nSPS) is 29.1. The number of amides is 2. The highest BCUT2D eigenvalue weighted by atomic mass is 19.1. The van der Waals surface area contributed by atoms with E-state index < -0.39 is 35.4 Å². The van der Waals surface area contributed by atoms with E-state index in [1.807, 2.05) is 30.3 Å². The molecule has 2 aliphatic rings. The average molecular weight is 350 g/mol. The van der Waals surface area contributed by atoms with Crippen LogP contribution in [0.2, 0.25) is 0 Å². The largest absolute Gasteiger partial charge is 0.444 e. The lowest BCUT2D eigenvalue weighted by atomic mass is 9.98. The van der Waals surface area contributed by atoms with Gasteiger partial charge in [-0.15, -0.1) is 0 Å². The average Bonchev–Trinajstić information content (AvgIpc) is 2.96. The maximum Gasteiger partial charge on any atom is 0.410 e. The predicted molar refractivity (Wildman–Crippen MR) is 88.4 cm³/mol. The van der Waals surface area contributed by atoms with Crippen LogP contribution < -0.4 is 0 Å². The van der Waals surface area contributed by atoms with Crippen LogP contribution in [0.5, 0.6) is 0 Å². The lowest BCUT2D eigenvalue weighted by Gasteiger charge is -2.26. The SMILES string of the molecule is CC(C)(C)OC(=O)N1C[C@@H]2N(Cc3ccccc3)C(=O)C(O)[C@]2(F)C1. The van der Waals surface area contributed by atoms with Gasteiger partial charge in [0.1, 0.15) is 5.60 Å². The minimum atomic E-state index is -2.18. The first kappa shape index (κ1) is 17.7. The number of aliphatic hydroxyl groups excluding tert-OH is 1. The molecule has 1 N–H and O–H groups in total. The predicted octanol–water partition coefficient (Wildman–Crippen LogP) is 1.72. The number of carbonyl (C=O) groups excluding carboxylic acids is 2. The molecule has 1 aromatic carbocycles. The van der Waals surface area contributed by atoms with Crippen LogP contribution in [0.25, 0.3) is 0 Å². The number of carbonyl (C=O) groups is 2. The summed E-state index contributed by atoms with van der Waals surface area (Å²) in [6.07, 6.45) is -2.41. The van der Waals surface area contributed by atoms with E-state index in [0.717, 1.165) is 5.56 Å². The summed E-state index contributed by atoms with van der Waals surface area (Å²) in [5.74, 6) is -0.639. The molecule has 0 radical (unpaired) electrons. The van der Waals surface area contributed by atoms with E-state index in [1.165, 1.54) is 9.80 Å². The van der Waals surface area contributed by atoms with E-state index in [2.05, 4.69) is 0 Å². The zero-order valence-electron chi connectivity index (χ0n) is 14.6. The van der Waals surface area contributed by atoms with Crippen LogP contribution in [0.4, 0.5) is 9.18 Å². The Hall–Kier alpha value is -2.15. The van der Waals surface area contributed by atoms with Crippen molar-refractivity contribution in [2.75, 3.05) is 13.1 Å². The number of likely N-dealkylation sites (tertiary alicyclic amines) is 2. The first-order chi connectivity index (χ1) is 11.6. The number of aliphatic hydroxyl groups is 1. The van der Waals surface area contributed by atoms with Crippen molar-refractivity contribution < 1.29 is 23.8 Å². The Morgan fingerprint density at radius 1 is 1.36 bits per heavy atom. The fourth-order valence-corrected chi connectivity index (χ4v) is 3.40. The summed E-state index contributed by atoms with van der Waals surface area (Å²) in [6.45, 7) is 5.02. The number of nitrogens with zero attached hydrogens (tertiary/aromatic N) is 2. The molecule has 2 saturated heterocycles. The fraction of sp³-hybridized carbons (Fsp3) is 0.556. The van der Waals surface area contributed by atoms with Crippen LogP contribution in [0.1, 0.15) is 26.3 Å². The second-order valence-corrected chi connectivity index (χ2v) is 7.66. The van der Waals surface area contributed by atoms with E-state index in [4.69, 9.17) is 4.74 Å². The van der Waals surface area contributed by atoms with Gasteiger partial charge in [-0.1, -0.05) is 30.3 Å². The zero-order chi connectivity index (χ0) is 18.4. The highest BCUT2D eigenvalue weighted by Crippen LogP contribution is 2.40. The number of benzene rings is 1. The van der Waals surface area contributed by atoms with Gasteiger partial charge in [-0.25, -0.2) is 9.18 Å². The lowest BCUT2D eigenvalue weighted by Crippen LogP contribution is -2.45. The molecular weight excluding hydrogens is 327 g/mol. The van der Waals surface area contributed by atoms with Gasteiger partial charge in [0.2, 0.25) is 0 Å². The van der Waals surface area contributed by atoms with Crippen LogP contribution in [0.15, 0.2) is 30.3 Å². The fourth-order valence-electron chi connectivity index (χ4n) is 3.40. The number of hydrogen-bond acceptors (Lipinski definition) is 4. The molecule has 2 fully saturated rings. The van der Waals surface area contributed by atoms with Crippen molar-refractivity contribution in [3.05, 3.63) is 35.9 Å². The zero-order valence-corrected chi connectivity index (χ0v) is 14.6. The lowest BCUT2D eigenvalue weighted by molar-refractivity contribution is -0.138. The van der Waals surface area contributed by atoms with E-state index >= 15 is 4.39 Å². The monoisotopic (exact) mass is 350 g/mol. The summed E-state index contributed by atoms with van der Waals surface area (Å²) in [7, 11) is 0. The van der Waals surface area contributed by atoms with Gasteiger partial charge in [0.15, 0.2) is 11.8 Å². The molecule has 0 bridgehead atoms. The minimum Gasteiger partial charge on any atom is -0.444 e.